The van der Waals surface area contributed by atoms with Gasteiger partial charge in [-0.15, -0.1) is 0 Å². The Kier molecular flexibility index (Phi) is 3.93. The average Bonchev–Trinajstić information content (AvgIpc) is 3.13. The first-order chi connectivity index (χ1) is 12.6. The third kappa shape index (κ3) is 2.93. The van der Waals surface area contributed by atoms with E-state index in [0.717, 1.165) is 11.1 Å². The van der Waals surface area contributed by atoms with Gasteiger partial charge in [0.05, 0.1) is 5.52 Å². The first kappa shape index (κ1) is 16.0. The zero-order valence-electron chi connectivity index (χ0n) is 14.0. The van der Waals surface area contributed by atoms with E-state index in [4.69, 9.17) is 0 Å². The molecule has 0 aliphatic rings. The Hall–Kier alpha value is -3.54. The Bertz CT molecular complexity index is 1070. The number of aromatic nitrogens is 3. The monoisotopic (exact) mass is 346 g/mol. The lowest BCUT2D eigenvalue weighted by atomic mass is 10.1. The van der Waals surface area contributed by atoms with Gasteiger partial charge in [-0.2, -0.15) is 0 Å². The van der Waals surface area contributed by atoms with Crippen molar-refractivity contribution in [2.24, 2.45) is 0 Å². The van der Waals surface area contributed by atoms with Gasteiger partial charge in [0.15, 0.2) is 5.82 Å². The minimum atomic E-state index is -0.357. The van der Waals surface area contributed by atoms with E-state index in [1.807, 2.05) is 19.1 Å². The smallest absolute Gasteiger partial charge is 0.272 e. The molecule has 2 heterocycles. The first-order valence-electron chi connectivity index (χ1n) is 8.08. The maximum absolute atomic E-state index is 13.9. The largest absolute Gasteiger partial charge is 0.350 e. The molecule has 4 aromatic rings. The maximum atomic E-state index is 13.9. The summed E-state index contributed by atoms with van der Waals surface area (Å²) in [5.41, 5.74) is 3.21. The second-order valence-electron chi connectivity index (χ2n) is 5.94. The average molecular weight is 346 g/mol. The number of aryl methyl sites for hydroxylation is 1. The number of nitrogens with zero attached hydrogens (tertiary/aromatic N) is 2. The lowest BCUT2D eigenvalue weighted by Gasteiger charge is -2.06. The Morgan fingerprint density at radius 3 is 2.65 bits per heavy atom. The van der Waals surface area contributed by atoms with E-state index in [0.29, 0.717) is 28.1 Å². The van der Waals surface area contributed by atoms with Crippen molar-refractivity contribution in [1.82, 2.24) is 15.0 Å². The summed E-state index contributed by atoms with van der Waals surface area (Å²) in [6, 6.07) is 13.6. The summed E-state index contributed by atoms with van der Waals surface area (Å²) in [4.78, 5) is 24.0. The van der Waals surface area contributed by atoms with E-state index in [2.05, 4.69) is 20.3 Å². The van der Waals surface area contributed by atoms with Crippen molar-refractivity contribution in [3.05, 3.63) is 78.0 Å². The molecular formula is C20H15FN4O. The summed E-state index contributed by atoms with van der Waals surface area (Å²) >= 11 is 0. The highest BCUT2D eigenvalue weighted by Crippen LogP contribution is 2.24. The Morgan fingerprint density at radius 2 is 1.88 bits per heavy atom. The summed E-state index contributed by atoms with van der Waals surface area (Å²) in [7, 11) is 0. The quantitative estimate of drug-likeness (QED) is 0.580. The number of H-pyrrole nitrogens is 1. The molecule has 0 fully saturated rings. The third-order valence-corrected chi connectivity index (χ3v) is 4.14. The van der Waals surface area contributed by atoms with E-state index in [-0.39, 0.29) is 11.7 Å². The van der Waals surface area contributed by atoms with Crippen molar-refractivity contribution >= 4 is 22.5 Å². The summed E-state index contributed by atoms with van der Waals surface area (Å²) < 4.78 is 13.9. The molecule has 0 atom stereocenters. The normalized spacial score (nSPS) is 10.8. The van der Waals surface area contributed by atoms with Gasteiger partial charge in [-0.3, -0.25) is 4.79 Å². The number of amides is 1. The van der Waals surface area contributed by atoms with Crippen molar-refractivity contribution < 1.29 is 9.18 Å². The van der Waals surface area contributed by atoms with Gasteiger partial charge in [0.25, 0.3) is 5.91 Å². The molecule has 0 unspecified atom stereocenters. The van der Waals surface area contributed by atoms with Crippen molar-refractivity contribution in [1.29, 1.82) is 0 Å². The van der Waals surface area contributed by atoms with Gasteiger partial charge in [0.2, 0.25) is 0 Å². The van der Waals surface area contributed by atoms with Gasteiger partial charge >= 0.3 is 0 Å². The molecule has 0 spiro atoms. The molecule has 26 heavy (non-hydrogen) atoms. The van der Waals surface area contributed by atoms with Gasteiger partial charge in [0.1, 0.15) is 11.5 Å². The van der Waals surface area contributed by atoms with Crippen LogP contribution in [0, 0.1) is 12.7 Å². The molecule has 0 bridgehead atoms. The van der Waals surface area contributed by atoms with E-state index in [9.17, 15) is 9.18 Å². The predicted molar refractivity (Wildman–Crippen MR) is 98.4 cm³/mol. The summed E-state index contributed by atoms with van der Waals surface area (Å²) in [5, 5.41) is 3.22. The van der Waals surface area contributed by atoms with Crippen molar-refractivity contribution in [2.45, 2.75) is 6.92 Å². The van der Waals surface area contributed by atoms with Gasteiger partial charge in [-0.05, 0) is 42.8 Å². The number of fused-ring (bicyclic) bond motifs is 1. The van der Waals surface area contributed by atoms with Crippen LogP contribution in [0.4, 0.5) is 10.1 Å². The number of hydrogen-bond donors (Lipinski definition) is 2. The number of carbonyl (C=O) groups excluding carboxylic acids is 1. The van der Waals surface area contributed by atoms with Crippen LogP contribution >= 0.6 is 0 Å². The highest BCUT2D eigenvalue weighted by Gasteiger charge is 2.14. The van der Waals surface area contributed by atoms with Crippen LogP contribution in [0.1, 0.15) is 16.1 Å². The number of rotatable bonds is 3. The molecule has 0 saturated carbocycles. The highest BCUT2D eigenvalue weighted by molar-refractivity contribution is 6.06. The van der Waals surface area contributed by atoms with Crippen molar-refractivity contribution in [2.75, 3.05) is 5.32 Å². The predicted octanol–water partition coefficient (Wildman–Crippen LogP) is 4.32. The van der Waals surface area contributed by atoms with Crippen LogP contribution in [0.3, 0.4) is 0 Å². The van der Waals surface area contributed by atoms with Crippen LogP contribution in [0.5, 0.6) is 0 Å². The van der Waals surface area contributed by atoms with E-state index < -0.39 is 0 Å². The molecule has 0 aliphatic heterocycles. The minimum absolute atomic E-state index is 0.301. The Balaban J connectivity index is 1.63. The van der Waals surface area contributed by atoms with E-state index in [1.165, 1.54) is 12.1 Å². The minimum Gasteiger partial charge on any atom is -0.350 e. The fourth-order valence-electron chi connectivity index (χ4n) is 2.83. The number of benzene rings is 2. The second-order valence-corrected chi connectivity index (χ2v) is 5.94. The summed E-state index contributed by atoms with van der Waals surface area (Å²) in [6.07, 6.45) is 3.32. The molecular weight excluding hydrogens is 331 g/mol. The van der Waals surface area contributed by atoms with Crippen LogP contribution in [0.25, 0.3) is 22.3 Å². The number of nitrogens with one attached hydrogen (secondary N) is 2. The standard InChI is InChI=1S/C20H15FN4O/c1-12-6-7-16(21)15-11-17(25-18(12)15)20(26)24-14-5-2-4-13(10-14)19-22-8-3-9-23-19/h2-11,25H,1H3,(H,24,26). The highest BCUT2D eigenvalue weighted by atomic mass is 19.1. The molecule has 2 aromatic heterocycles. The molecule has 0 radical (unpaired) electrons. The maximum Gasteiger partial charge on any atom is 0.272 e. The molecule has 0 saturated heterocycles. The summed E-state index contributed by atoms with van der Waals surface area (Å²) in [5.74, 6) is -0.123. The van der Waals surface area contributed by atoms with Gasteiger partial charge in [-0.25, -0.2) is 14.4 Å². The van der Waals surface area contributed by atoms with E-state index >= 15 is 0 Å². The molecule has 128 valence electrons. The molecule has 5 nitrogen and oxygen atoms in total. The lowest BCUT2D eigenvalue weighted by molar-refractivity contribution is 0.102. The Labute approximate surface area is 148 Å². The number of aromatic amines is 1. The van der Waals surface area contributed by atoms with Gasteiger partial charge in [0, 0.05) is 29.0 Å². The van der Waals surface area contributed by atoms with Gasteiger partial charge in [-0.1, -0.05) is 18.2 Å². The SMILES string of the molecule is Cc1ccc(F)c2cc(C(=O)Nc3cccc(-c4ncccn4)c3)[nH]c12. The number of carbonyl (C=O) groups is 1. The van der Waals surface area contributed by atoms with Crippen LogP contribution < -0.4 is 5.32 Å². The number of halogens is 1. The molecule has 6 heteroatoms. The fraction of sp³-hybridized carbons (Fsp3) is 0.0500. The number of anilines is 1. The fourth-order valence-corrected chi connectivity index (χ4v) is 2.83. The molecule has 2 N–H and O–H groups in total. The van der Waals surface area contributed by atoms with Crippen LogP contribution in [0.2, 0.25) is 0 Å². The lowest BCUT2D eigenvalue weighted by Crippen LogP contribution is -2.12. The molecule has 0 aliphatic carbocycles. The topological polar surface area (TPSA) is 70.7 Å². The third-order valence-electron chi connectivity index (χ3n) is 4.14. The van der Waals surface area contributed by atoms with Crippen molar-refractivity contribution in [3.63, 3.8) is 0 Å². The van der Waals surface area contributed by atoms with Crippen LogP contribution in [-0.4, -0.2) is 20.9 Å². The van der Waals surface area contributed by atoms with Crippen molar-refractivity contribution in [3.8, 4) is 11.4 Å². The first-order valence-corrected chi connectivity index (χ1v) is 8.08. The molecule has 2 aromatic carbocycles. The van der Waals surface area contributed by atoms with Gasteiger partial charge < -0.3 is 10.3 Å². The Morgan fingerprint density at radius 1 is 1.08 bits per heavy atom. The van der Waals surface area contributed by atoms with Crippen LogP contribution in [0.15, 0.2) is 60.9 Å². The number of hydrogen-bond acceptors (Lipinski definition) is 3. The zero-order chi connectivity index (χ0) is 18.1. The van der Waals surface area contributed by atoms with Crippen LogP contribution in [-0.2, 0) is 0 Å². The zero-order valence-corrected chi connectivity index (χ0v) is 14.0. The molecule has 1 amide bonds. The molecule has 4 rings (SSSR count). The van der Waals surface area contributed by atoms with E-state index in [1.54, 1.807) is 36.7 Å². The second kappa shape index (κ2) is 6.40. The summed E-state index contributed by atoms with van der Waals surface area (Å²) in [6.45, 7) is 1.86.